The zero-order chi connectivity index (χ0) is 23.7. The van der Waals surface area contributed by atoms with Gasteiger partial charge in [-0.25, -0.2) is 14.5 Å². The molecule has 9 heteroatoms. The van der Waals surface area contributed by atoms with Crippen molar-refractivity contribution in [1.82, 2.24) is 19.7 Å². The Kier molecular flexibility index (Phi) is 6.42. The van der Waals surface area contributed by atoms with Crippen LogP contribution in [-0.4, -0.2) is 58.5 Å². The van der Waals surface area contributed by atoms with Gasteiger partial charge < -0.3 is 4.74 Å². The molecule has 0 atom stereocenters. The molecule has 0 radical (unpaired) electrons. The Morgan fingerprint density at radius 3 is 2.71 bits per heavy atom. The van der Waals surface area contributed by atoms with Gasteiger partial charge in [0.1, 0.15) is 5.82 Å². The van der Waals surface area contributed by atoms with E-state index < -0.39 is 0 Å². The van der Waals surface area contributed by atoms with Gasteiger partial charge in [0, 0.05) is 41.7 Å². The molecule has 0 bridgehead atoms. The van der Waals surface area contributed by atoms with E-state index in [0.29, 0.717) is 5.13 Å². The van der Waals surface area contributed by atoms with Gasteiger partial charge in [-0.2, -0.15) is 5.10 Å². The third kappa shape index (κ3) is 4.87. The van der Waals surface area contributed by atoms with Gasteiger partial charge in [-0.15, -0.1) is 11.3 Å². The molecule has 1 aliphatic heterocycles. The highest BCUT2D eigenvalue weighted by Gasteiger charge is 2.37. The van der Waals surface area contributed by atoms with E-state index >= 15 is 0 Å². The monoisotopic (exact) mass is 480 g/mol. The lowest BCUT2D eigenvalue weighted by Crippen LogP contribution is -2.37. The lowest BCUT2D eigenvalue weighted by molar-refractivity contribution is 0.0385. The van der Waals surface area contributed by atoms with Crippen molar-refractivity contribution in [2.75, 3.05) is 43.5 Å². The highest BCUT2D eigenvalue weighted by Crippen LogP contribution is 2.42. The van der Waals surface area contributed by atoms with Crippen LogP contribution in [0.5, 0.6) is 0 Å². The Morgan fingerprint density at radius 2 is 1.94 bits per heavy atom. The number of thiazole rings is 1. The topological polar surface area (TPSA) is 84.3 Å². The Hall–Kier alpha value is -2.75. The van der Waals surface area contributed by atoms with Crippen molar-refractivity contribution in [2.45, 2.75) is 45.4 Å². The van der Waals surface area contributed by atoms with Crippen molar-refractivity contribution in [2.24, 2.45) is 0 Å². The predicted octanol–water partition coefficient (Wildman–Crippen LogP) is 4.38. The van der Waals surface area contributed by atoms with Gasteiger partial charge in [0.25, 0.3) is 0 Å². The fourth-order valence-electron chi connectivity index (χ4n) is 4.60. The Labute approximate surface area is 204 Å². The van der Waals surface area contributed by atoms with Gasteiger partial charge in [-0.05, 0) is 38.3 Å². The summed E-state index contributed by atoms with van der Waals surface area (Å²) in [6, 6.07) is 7.90. The fourth-order valence-corrected chi connectivity index (χ4v) is 5.39. The fraction of sp³-hybridized carbons (Fsp3) is 0.480. The van der Waals surface area contributed by atoms with Crippen LogP contribution in [0.1, 0.15) is 42.0 Å². The minimum atomic E-state index is -0.296. The first-order valence-corrected chi connectivity index (χ1v) is 12.7. The summed E-state index contributed by atoms with van der Waals surface area (Å²) in [6.07, 6.45) is 4.70. The molecule has 2 amide bonds. The normalized spacial score (nSPS) is 17.5. The molecule has 1 aromatic carbocycles. The average Bonchev–Trinajstić information content (AvgIpc) is 3.50. The minimum absolute atomic E-state index is 0.0110. The lowest BCUT2D eigenvalue weighted by Gasteiger charge is -2.26. The largest absolute Gasteiger partial charge is 0.379 e. The summed E-state index contributed by atoms with van der Waals surface area (Å²) < 4.78 is 7.27. The van der Waals surface area contributed by atoms with Crippen molar-refractivity contribution in [3.05, 3.63) is 52.2 Å². The number of aromatic nitrogens is 3. The summed E-state index contributed by atoms with van der Waals surface area (Å²) in [5, 5.41) is 11.5. The maximum Gasteiger partial charge on any atom is 0.326 e. The number of morpholine rings is 1. The van der Waals surface area contributed by atoms with E-state index in [4.69, 9.17) is 9.84 Å². The molecule has 2 N–H and O–H groups in total. The number of rotatable bonds is 6. The van der Waals surface area contributed by atoms with Gasteiger partial charge in [0.2, 0.25) is 0 Å². The van der Waals surface area contributed by atoms with Crippen LogP contribution < -0.4 is 10.6 Å². The maximum atomic E-state index is 13.0. The summed E-state index contributed by atoms with van der Waals surface area (Å²) in [6.45, 7) is 11.0. The molecule has 0 saturated carbocycles. The van der Waals surface area contributed by atoms with Crippen molar-refractivity contribution >= 4 is 28.3 Å². The number of nitrogens with one attached hydrogen (secondary N) is 2. The number of nitrogens with zero attached hydrogens (tertiary/aromatic N) is 4. The van der Waals surface area contributed by atoms with Crippen LogP contribution in [-0.2, 0) is 23.0 Å². The van der Waals surface area contributed by atoms with Gasteiger partial charge in [0.05, 0.1) is 24.6 Å². The number of urea groups is 1. The molecule has 3 aromatic rings. The number of ether oxygens (including phenoxy) is 1. The number of benzene rings is 1. The van der Waals surface area contributed by atoms with Crippen LogP contribution in [0.25, 0.3) is 5.69 Å². The number of anilines is 2. The predicted molar refractivity (Wildman–Crippen MR) is 135 cm³/mol. The number of amides is 2. The molecule has 3 heterocycles. The summed E-state index contributed by atoms with van der Waals surface area (Å²) in [5.41, 5.74) is 4.28. The molecule has 2 aliphatic rings. The van der Waals surface area contributed by atoms with Crippen LogP contribution >= 0.6 is 11.3 Å². The number of carbonyl (C=O) groups is 1. The summed E-state index contributed by atoms with van der Waals surface area (Å²) in [4.78, 5) is 21.0. The van der Waals surface area contributed by atoms with E-state index in [1.54, 1.807) is 0 Å². The minimum Gasteiger partial charge on any atom is -0.379 e. The highest BCUT2D eigenvalue weighted by atomic mass is 32.1. The van der Waals surface area contributed by atoms with E-state index in [1.807, 2.05) is 23.0 Å². The molecule has 1 fully saturated rings. The van der Waals surface area contributed by atoms with Crippen LogP contribution in [0.2, 0.25) is 0 Å². The molecular weight excluding hydrogens is 448 g/mol. The highest BCUT2D eigenvalue weighted by molar-refractivity contribution is 7.15. The summed E-state index contributed by atoms with van der Waals surface area (Å²) in [5.74, 6) is 0.742. The molecule has 2 aromatic heterocycles. The van der Waals surface area contributed by atoms with Crippen LogP contribution in [0, 0.1) is 6.92 Å². The average molecular weight is 481 g/mol. The van der Waals surface area contributed by atoms with E-state index in [9.17, 15) is 4.79 Å². The van der Waals surface area contributed by atoms with Crippen molar-refractivity contribution in [1.29, 1.82) is 0 Å². The molecule has 34 heavy (non-hydrogen) atoms. The van der Waals surface area contributed by atoms with E-state index in [2.05, 4.69) is 53.4 Å². The Morgan fingerprint density at radius 1 is 1.18 bits per heavy atom. The van der Waals surface area contributed by atoms with Crippen molar-refractivity contribution < 1.29 is 9.53 Å². The van der Waals surface area contributed by atoms with E-state index in [-0.39, 0.29) is 11.4 Å². The molecule has 1 aliphatic carbocycles. The van der Waals surface area contributed by atoms with Crippen molar-refractivity contribution in [3.63, 3.8) is 0 Å². The van der Waals surface area contributed by atoms with Crippen LogP contribution in [0.4, 0.5) is 15.7 Å². The van der Waals surface area contributed by atoms with Crippen LogP contribution in [0.3, 0.4) is 0 Å². The number of aryl methyl sites for hydroxylation is 1. The van der Waals surface area contributed by atoms with Gasteiger partial charge in [0.15, 0.2) is 5.13 Å². The molecule has 0 unspecified atom stereocenters. The Bertz CT molecular complexity index is 1160. The Balaban J connectivity index is 1.29. The zero-order valence-corrected chi connectivity index (χ0v) is 20.9. The third-order valence-electron chi connectivity index (χ3n) is 6.69. The smallest absolute Gasteiger partial charge is 0.326 e. The first-order valence-electron chi connectivity index (χ1n) is 11.9. The molecule has 1 saturated heterocycles. The molecule has 180 valence electrons. The number of carbonyl (C=O) groups excluding carboxylic acids is 1. The van der Waals surface area contributed by atoms with E-state index in [0.717, 1.165) is 79.8 Å². The number of fused-ring (bicyclic) bond motifs is 1. The molecular formula is C25H32N6O2S. The van der Waals surface area contributed by atoms with E-state index in [1.165, 1.54) is 16.9 Å². The third-order valence-corrected chi connectivity index (χ3v) is 7.66. The standard InChI is InChI=1S/C25H32N6O2S/c1-17-4-6-18(7-5-17)31-22(20-8-10-25(2,3)21(20)29-31)27-23(32)28-24-26-16-19(34-24)9-11-30-12-14-33-15-13-30/h4-7,16H,8-15H2,1-3H3,(H2,26,27,28,32). The lowest BCUT2D eigenvalue weighted by atomic mass is 9.91. The second kappa shape index (κ2) is 9.48. The second-order valence-corrected chi connectivity index (χ2v) is 10.8. The number of hydrogen-bond donors (Lipinski definition) is 2. The second-order valence-electron chi connectivity index (χ2n) is 9.72. The first-order chi connectivity index (χ1) is 16.4. The van der Waals surface area contributed by atoms with Crippen molar-refractivity contribution in [3.8, 4) is 5.69 Å². The quantitative estimate of drug-likeness (QED) is 0.547. The SMILES string of the molecule is Cc1ccc(-n2nc3c(c2NC(=O)Nc2ncc(CCN4CCOCC4)s2)CCC3(C)C)cc1. The molecule has 0 spiro atoms. The summed E-state index contributed by atoms with van der Waals surface area (Å²) >= 11 is 1.53. The van der Waals surface area contributed by atoms with Gasteiger partial charge >= 0.3 is 6.03 Å². The van der Waals surface area contributed by atoms with Gasteiger partial charge in [-0.3, -0.25) is 15.5 Å². The molecule has 5 rings (SSSR count). The van der Waals surface area contributed by atoms with Gasteiger partial charge in [-0.1, -0.05) is 31.5 Å². The maximum absolute atomic E-state index is 13.0. The zero-order valence-electron chi connectivity index (χ0n) is 20.1. The summed E-state index contributed by atoms with van der Waals surface area (Å²) in [7, 11) is 0. The molecule has 8 nitrogen and oxygen atoms in total. The van der Waals surface area contributed by atoms with Crippen LogP contribution in [0.15, 0.2) is 30.5 Å². The first kappa shape index (κ1) is 23.0. The number of hydrogen-bond acceptors (Lipinski definition) is 6.